The number of likely N-dealkylation sites (tertiary alicyclic amines) is 1. The SMILES string of the molecule is Cc1ccc(-c2cc(Nc3cc(CN4CCC4)n(C)n3)c(=O)n(C)n2)c(F)c1CCCCC(=O)c1cc2c(s1)CC(C)(C)[C@@H]2O. The van der Waals surface area contributed by atoms with Crippen LogP contribution in [0.2, 0.25) is 0 Å². The van der Waals surface area contributed by atoms with Gasteiger partial charge in [0.2, 0.25) is 0 Å². The Labute approximate surface area is 266 Å². The molecule has 1 atom stereocenters. The van der Waals surface area contributed by atoms with Crippen LogP contribution in [0, 0.1) is 18.2 Å². The van der Waals surface area contributed by atoms with Gasteiger partial charge in [0, 0.05) is 43.6 Å². The highest BCUT2D eigenvalue weighted by atomic mass is 32.1. The molecule has 1 aromatic carbocycles. The summed E-state index contributed by atoms with van der Waals surface area (Å²) in [7, 11) is 3.44. The van der Waals surface area contributed by atoms with E-state index in [4.69, 9.17) is 0 Å². The number of aryl methyl sites for hydroxylation is 3. The Hall–Kier alpha value is -3.67. The lowest BCUT2D eigenvalue weighted by atomic mass is 9.88. The lowest BCUT2D eigenvalue weighted by Crippen LogP contribution is -2.36. The summed E-state index contributed by atoms with van der Waals surface area (Å²) in [6.07, 6.45) is 3.59. The average molecular weight is 633 g/mol. The van der Waals surface area contributed by atoms with Gasteiger partial charge in [0.1, 0.15) is 11.5 Å². The number of Topliss-reactive ketones (excluding diaryl/α,β-unsaturated/α-hetero) is 1. The van der Waals surface area contributed by atoms with E-state index in [0.717, 1.165) is 47.8 Å². The summed E-state index contributed by atoms with van der Waals surface area (Å²) in [5.74, 6) is 0.258. The summed E-state index contributed by atoms with van der Waals surface area (Å²) in [5, 5.41) is 22.6. The smallest absolute Gasteiger partial charge is 0.290 e. The van der Waals surface area contributed by atoms with Gasteiger partial charge in [-0.25, -0.2) is 9.07 Å². The topological polar surface area (TPSA) is 105 Å². The van der Waals surface area contributed by atoms with Crippen molar-refractivity contribution in [3.8, 4) is 11.3 Å². The predicted molar refractivity (Wildman–Crippen MR) is 175 cm³/mol. The van der Waals surface area contributed by atoms with E-state index in [0.29, 0.717) is 53.2 Å². The van der Waals surface area contributed by atoms with Crippen LogP contribution in [0.25, 0.3) is 11.3 Å². The molecule has 1 aliphatic heterocycles. The minimum Gasteiger partial charge on any atom is -0.388 e. The summed E-state index contributed by atoms with van der Waals surface area (Å²) in [6, 6.07) is 8.95. The minimum absolute atomic E-state index is 0.0698. The van der Waals surface area contributed by atoms with Gasteiger partial charge < -0.3 is 10.4 Å². The zero-order valence-electron chi connectivity index (χ0n) is 26.6. The Kier molecular flexibility index (Phi) is 8.53. The molecule has 0 spiro atoms. The second-order valence-electron chi connectivity index (χ2n) is 13.2. The molecule has 1 aliphatic carbocycles. The van der Waals surface area contributed by atoms with E-state index in [9.17, 15) is 14.7 Å². The molecule has 3 aromatic heterocycles. The molecule has 9 nitrogen and oxygen atoms in total. The maximum atomic E-state index is 16.0. The molecular formula is C34H41FN6O3S. The van der Waals surface area contributed by atoms with E-state index in [1.807, 2.05) is 50.7 Å². The van der Waals surface area contributed by atoms with Gasteiger partial charge in [0.25, 0.3) is 5.56 Å². The van der Waals surface area contributed by atoms with Gasteiger partial charge in [-0.1, -0.05) is 19.9 Å². The molecule has 1 fully saturated rings. The molecule has 2 aliphatic rings. The molecule has 11 heteroatoms. The van der Waals surface area contributed by atoms with Crippen molar-refractivity contribution >= 4 is 28.6 Å². The van der Waals surface area contributed by atoms with E-state index >= 15 is 4.39 Å². The van der Waals surface area contributed by atoms with Crippen LogP contribution in [0.4, 0.5) is 15.9 Å². The number of carbonyl (C=O) groups excluding carboxylic acids is 1. The van der Waals surface area contributed by atoms with Crippen molar-refractivity contribution in [1.29, 1.82) is 0 Å². The highest BCUT2D eigenvalue weighted by molar-refractivity contribution is 7.14. The molecule has 0 amide bonds. The zero-order chi connectivity index (χ0) is 32.0. The number of aliphatic hydroxyl groups excluding tert-OH is 1. The van der Waals surface area contributed by atoms with Crippen LogP contribution in [0.1, 0.15) is 82.6 Å². The van der Waals surface area contributed by atoms with Crippen molar-refractivity contribution in [3.05, 3.63) is 78.6 Å². The third kappa shape index (κ3) is 6.25. The Morgan fingerprint density at radius 3 is 2.62 bits per heavy atom. The van der Waals surface area contributed by atoms with Crippen LogP contribution in [0.15, 0.2) is 35.1 Å². The molecule has 0 radical (unpaired) electrons. The molecule has 45 heavy (non-hydrogen) atoms. The average Bonchev–Trinajstić information content (AvgIpc) is 3.59. The van der Waals surface area contributed by atoms with Crippen molar-refractivity contribution < 1.29 is 14.3 Å². The fourth-order valence-corrected chi connectivity index (χ4v) is 7.67. The Morgan fingerprint density at radius 1 is 1.13 bits per heavy atom. The number of thiophene rings is 1. The quantitative estimate of drug-likeness (QED) is 0.158. The maximum absolute atomic E-state index is 16.0. The highest BCUT2D eigenvalue weighted by Gasteiger charge is 2.39. The number of hydrogen-bond acceptors (Lipinski definition) is 8. The zero-order valence-corrected chi connectivity index (χ0v) is 27.4. The van der Waals surface area contributed by atoms with Gasteiger partial charge in [-0.15, -0.1) is 11.3 Å². The van der Waals surface area contributed by atoms with Gasteiger partial charge in [-0.3, -0.25) is 19.2 Å². The molecule has 4 heterocycles. The van der Waals surface area contributed by atoms with Crippen LogP contribution in [-0.4, -0.2) is 48.4 Å². The Morgan fingerprint density at radius 2 is 1.91 bits per heavy atom. The van der Waals surface area contributed by atoms with E-state index in [1.165, 1.54) is 22.4 Å². The predicted octanol–water partition coefficient (Wildman–Crippen LogP) is 5.85. The standard InChI is InChI=1S/C34H41FN6O3S/c1-20-11-12-23(25-17-26(33(44)40(5)37-25)36-30-15-21(39(4)38-30)19-41-13-8-14-41)31(35)22(20)9-6-7-10-27(42)28-16-24-29(45-28)18-34(2,3)32(24)43/h11-12,15-17,32,43H,6-10,13-14,18-19H2,1-5H3,(H,36,38)/t32-/m1/s1. The Balaban J connectivity index is 1.13. The number of aliphatic hydroxyl groups is 1. The van der Waals surface area contributed by atoms with Gasteiger partial charge in [-0.2, -0.15) is 10.2 Å². The molecule has 0 saturated carbocycles. The number of fused-ring (bicyclic) bond motifs is 1. The maximum Gasteiger partial charge on any atom is 0.290 e. The second kappa shape index (κ2) is 12.3. The van der Waals surface area contributed by atoms with Gasteiger partial charge in [-0.05, 0) is 92.4 Å². The van der Waals surface area contributed by atoms with Crippen molar-refractivity contribution in [2.24, 2.45) is 19.5 Å². The molecule has 2 N–H and O–H groups in total. The first-order chi connectivity index (χ1) is 21.4. The number of halogens is 1. The van der Waals surface area contributed by atoms with Crippen molar-refractivity contribution in [2.45, 2.75) is 71.9 Å². The summed E-state index contributed by atoms with van der Waals surface area (Å²) in [4.78, 5) is 30.0. The van der Waals surface area contributed by atoms with E-state index in [2.05, 4.69) is 20.4 Å². The molecule has 0 unspecified atom stereocenters. The molecule has 6 rings (SSSR count). The highest BCUT2D eigenvalue weighted by Crippen LogP contribution is 2.48. The number of ketones is 1. The first-order valence-electron chi connectivity index (χ1n) is 15.6. The minimum atomic E-state index is -0.542. The number of benzene rings is 1. The fourth-order valence-electron chi connectivity index (χ4n) is 6.27. The van der Waals surface area contributed by atoms with Crippen LogP contribution >= 0.6 is 11.3 Å². The van der Waals surface area contributed by atoms with Crippen molar-refractivity contribution in [3.63, 3.8) is 0 Å². The third-order valence-corrected chi connectivity index (χ3v) is 10.4. The first-order valence-corrected chi connectivity index (χ1v) is 16.5. The number of hydrogen-bond donors (Lipinski definition) is 2. The third-order valence-electron chi connectivity index (χ3n) is 9.24. The molecule has 4 aromatic rings. The summed E-state index contributed by atoms with van der Waals surface area (Å²) in [5.41, 5.74) is 3.76. The van der Waals surface area contributed by atoms with Crippen molar-refractivity contribution in [2.75, 3.05) is 18.4 Å². The van der Waals surface area contributed by atoms with Crippen LogP contribution < -0.4 is 10.9 Å². The second-order valence-corrected chi connectivity index (χ2v) is 14.3. The van der Waals surface area contributed by atoms with Crippen LogP contribution in [-0.2, 0) is 33.5 Å². The molecule has 0 bridgehead atoms. The number of nitrogens with one attached hydrogen (secondary N) is 1. The normalized spacial score (nSPS) is 17.4. The Bertz CT molecular complexity index is 1820. The lowest BCUT2D eigenvalue weighted by molar-refractivity contribution is 0.0665. The monoisotopic (exact) mass is 632 g/mol. The van der Waals surface area contributed by atoms with Gasteiger partial charge in [0.15, 0.2) is 11.6 Å². The van der Waals surface area contributed by atoms with Crippen LogP contribution in [0.5, 0.6) is 0 Å². The van der Waals surface area contributed by atoms with Gasteiger partial charge >= 0.3 is 0 Å². The largest absolute Gasteiger partial charge is 0.388 e. The van der Waals surface area contributed by atoms with Gasteiger partial charge in [0.05, 0.1) is 22.4 Å². The van der Waals surface area contributed by atoms with E-state index < -0.39 is 6.10 Å². The number of nitrogens with zero attached hydrogens (tertiary/aromatic N) is 5. The number of carbonyl (C=O) groups is 1. The summed E-state index contributed by atoms with van der Waals surface area (Å²) < 4.78 is 19.0. The van der Waals surface area contributed by atoms with E-state index in [-0.39, 0.29) is 28.3 Å². The number of unbranched alkanes of at least 4 members (excludes halogenated alkanes) is 1. The number of aromatic nitrogens is 4. The van der Waals surface area contributed by atoms with Crippen LogP contribution in [0.3, 0.4) is 0 Å². The fraction of sp³-hybridized carbons (Fsp3) is 0.471. The molecule has 1 saturated heterocycles. The van der Waals surface area contributed by atoms with Crippen molar-refractivity contribution in [1.82, 2.24) is 24.5 Å². The summed E-state index contributed by atoms with van der Waals surface area (Å²) >= 11 is 1.49. The molecular weight excluding hydrogens is 591 g/mol. The lowest BCUT2D eigenvalue weighted by Gasteiger charge is -2.30. The summed E-state index contributed by atoms with van der Waals surface area (Å²) in [6.45, 7) is 8.91. The number of rotatable bonds is 11. The van der Waals surface area contributed by atoms with E-state index in [1.54, 1.807) is 19.2 Å². The number of anilines is 2. The first kappa shape index (κ1) is 31.3. The molecule has 238 valence electrons.